The predicted octanol–water partition coefficient (Wildman–Crippen LogP) is 2.27. The van der Waals surface area contributed by atoms with E-state index in [4.69, 9.17) is 0 Å². The van der Waals surface area contributed by atoms with E-state index in [2.05, 4.69) is 0 Å². The Morgan fingerprint density at radius 1 is 1.00 bits per heavy atom. The largest absolute Gasteiger partial charge is 0.362 e. The molecule has 0 amide bonds. The SMILES string of the molecule is OC1(O)C=CC(c2cc(F)c(F)c(F)c2F)=CC1. The van der Waals surface area contributed by atoms with Gasteiger partial charge in [0.25, 0.3) is 0 Å². The number of hydrogen-bond donors (Lipinski definition) is 2. The molecule has 0 atom stereocenters. The second kappa shape index (κ2) is 4.22. The third-order valence-electron chi connectivity index (χ3n) is 2.57. The summed E-state index contributed by atoms with van der Waals surface area (Å²) in [6.45, 7) is 0. The second-order valence-electron chi connectivity index (χ2n) is 3.92. The van der Waals surface area contributed by atoms with Gasteiger partial charge in [-0.2, -0.15) is 0 Å². The summed E-state index contributed by atoms with van der Waals surface area (Å²) in [6, 6.07) is 0.520. The van der Waals surface area contributed by atoms with Crippen molar-refractivity contribution in [3.63, 3.8) is 0 Å². The number of halogens is 4. The van der Waals surface area contributed by atoms with Gasteiger partial charge in [0, 0.05) is 12.0 Å². The van der Waals surface area contributed by atoms with Gasteiger partial charge in [0.15, 0.2) is 29.1 Å². The first kappa shape index (κ1) is 12.8. The molecule has 2 rings (SSSR count). The van der Waals surface area contributed by atoms with Gasteiger partial charge in [-0.05, 0) is 17.7 Å². The molecule has 0 bridgehead atoms. The van der Waals surface area contributed by atoms with Gasteiger partial charge >= 0.3 is 0 Å². The van der Waals surface area contributed by atoms with Crippen LogP contribution in [0.25, 0.3) is 5.57 Å². The molecule has 1 aliphatic rings. The van der Waals surface area contributed by atoms with Gasteiger partial charge in [-0.15, -0.1) is 0 Å². The third kappa shape index (κ3) is 2.16. The molecule has 0 unspecified atom stereocenters. The molecule has 0 saturated heterocycles. The zero-order valence-corrected chi connectivity index (χ0v) is 8.92. The van der Waals surface area contributed by atoms with Gasteiger partial charge in [0.1, 0.15) is 0 Å². The van der Waals surface area contributed by atoms with Gasteiger partial charge in [0.05, 0.1) is 0 Å². The van der Waals surface area contributed by atoms with Crippen LogP contribution in [0.5, 0.6) is 0 Å². The Morgan fingerprint density at radius 3 is 2.22 bits per heavy atom. The zero-order valence-electron chi connectivity index (χ0n) is 8.92. The van der Waals surface area contributed by atoms with Gasteiger partial charge in [-0.1, -0.05) is 12.2 Å². The molecule has 1 aromatic rings. The molecular weight excluding hydrogens is 252 g/mol. The van der Waals surface area contributed by atoms with Crippen molar-refractivity contribution in [3.8, 4) is 0 Å². The Balaban J connectivity index is 2.49. The zero-order chi connectivity index (χ0) is 13.5. The summed E-state index contributed by atoms with van der Waals surface area (Å²) >= 11 is 0. The first-order valence-electron chi connectivity index (χ1n) is 4.99. The van der Waals surface area contributed by atoms with E-state index in [0.29, 0.717) is 6.07 Å². The van der Waals surface area contributed by atoms with Crippen molar-refractivity contribution in [1.82, 2.24) is 0 Å². The number of rotatable bonds is 1. The van der Waals surface area contributed by atoms with Crippen LogP contribution in [0.4, 0.5) is 17.6 Å². The fraction of sp³-hybridized carbons (Fsp3) is 0.167. The molecule has 1 aromatic carbocycles. The van der Waals surface area contributed by atoms with Crippen LogP contribution in [0.2, 0.25) is 0 Å². The average Bonchev–Trinajstić information content (AvgIpc) is 2.32. The highest BCUT2D eigenvalue weighted by atomic mass is 19.2. The minimum atomic E-state index is -2.07. The van der Waals surface area contributed by atoms with Crippen molar-refractivity contribution < 1.29 is 27.8 Å². The lowest BCUT2D eigenvalue weighted by molar-refractivity contribution is -0.114. The van der Waals surface area contributed by atoms with Crippen molar-refractivity contribution in [2.24, 2.45) is 0 Å². The summed E-state index contributed by atoms with van der Waals surface area (Å²) in [7, 11) is 0. The topological polar surface area (TPSA) is 40.5 Å². The molecule has 0 heterocycles. The summed E-state index contributed by atoms with van der Waals surface area (Å²) in [4.78, 5) is 0. The summed E-state index contributed by atoms with van der Waals surface area (Å²) in [5, 5.41) is 18.4. The van der Waals surface area contributed by atoms with Gasteiger partial charge in [0.2, 0.25) is 0 Å². The molecule has 0 spiro atoms. The van der Waals surface area contributed by atoms with Crippen molar-refractivity contribution in [1.29, 1.82) is 0 Å². The van der Waals surface area contributed by atoms with E-state index < -0.39 is 34.6 Å². The molecule has 0 aromatic heterocycles. The predicted molar refractivity (Wildman–Crippen MR) is 55.2 cm³/mol. The monoisotopic (exact) mass is 260 g/mol. The lowest BCUT2D eigenvalue weighted by Crippen LogP contribution is -2.25. The van der Waals surface area contributed by atoms with Crippen LogP contribution < -0.4 is 0 Å². The van der Waals surface area contributed by atoms with E-state index in [0.717, 1.165) is 12.2 Å². The lowest BCUT2D eigenvalue weighted by atomic mass is 9.96. The lowest BCUT2D eigenvalue weighted by Gasteiger charge is -2.20. The van der Waals surface area contributed by atoms with Crippen molar-refractivity contribution >= 4 is 5.57 Å². The second-order valence-corrected chi connectivity index (χ2v) is 3.92. The van der Waals surface area contributed by atoms with Crippen LogP contribution in [0.15, 0.2) is 24.3 Å². The van der Waals surface area contributed by atoms with Crippen LogP contribution in [0.3, 0.4) is 0 Å². The Kier molecular flexibility index (Phi) is 3.00. The summed E-state index contributed by atoms with van der Waals surface area (Å²) in [5.41, 5.74) is -0.429. The molecule has 0 saturated carbocycles. The molecule has 1 aliphatic carbocycles. The minimum Gasteiger partial charge on any atom is -0.362 e. The number of allylic oxidation sites excluding steroid dienone is 2. The maximum atomic E-state index is 13.4. The fourth-order valence-electron chi connectivity index (χ4n) is 1.60. The maximum Gasteiger partial charge on any atom is 0.198 e. The fourth-order valence-corrected chi connectivity index (χ4v) is 1.60. The smallest absolute Gasteiger partial charge is 0.198 e. The highest BCUT2D eigenvalue weighted by molar-refractivity contribution is 5.75. The molecule has 2 nitrogen and oxygen atoms in total. The molecule has 0 fully saturated rings. The van der Waals surface area contributed by atoms with Crippen LogP contribution in [-0.2, 0) is 0 Å². The molecule has 6 heteroatoms. The van der Waals surface area contributed by atoms with Crippen molar-refractivity contribution in [2.45, 2.75) is 12.2 Å². The number of hydrogen-bond acceptors (Lipinski definition) is 2. The van der Waals surface area contributed by atoms with Gasteiger partial charge < -0.3 is 10.2 Å². The van der Waals surface area contributed by atoms with Gasteiger partial charge in [-0.3, -0.25) is 0 Å². The summed E-state index contributed by atoms with van der Waals surface area (Å²) in [6.07, 6.45) is 2.97. The Morgan fingerprint density at radius 2 is 1.67 bits per heavy atom. The van der Waals surface area contributed by atoms with E-state index in [9.17, 15) is 27.8 Å². The van der Waals surface area contributed by atoms with Gasteiger partial charge in [-0.25, -0.2) is 17.6 Å². The van der Waals surface area contributed by atoms with Crippen LogP contribution >= 0.6 is 0 Å². The minimum absolute atomic E-state index is 0.0454. The standard InChI is InChI=1S/C12H8F4O2/c13-8-5-7(9(14)11(16)10(8)15)6-1-3-12(17,18)4-2-6/h1-3,5,17-18H,4H2. The van der Waals surface area contributed by atoms with Crippen LogP contribution in [0, 0.1) is 23.3 Å². The number of aliphatic hydroxyl groups is 2. The maximum absolute atomic E-state index is 13.4. The highest BCUT2D eigenvalue weighted by Gasteiger charge is 2.25. The van der Waals surface area contributed by atoms with E-state index in [-0.39, 0.29) is 12.0 Å². The quantitative estimate of drug-likeness (QED) is 0.352. The Labute approximate surface area is 99.5 Å². The molecule has 18 heavy (non-hydrogen) atoms. The van der Waals surface area contributed by atoms with Crippen LogP contribution in [0.1, 0.15) is 12.0 Å². The van der Waals surface area contributed by atoms with Crippen molar-refractivity contribution in [2.75, 3.05) is 0 Å². The van der Waals surface area contributed by atoms with E-state index >= 15 is 0 Å². The Hall–Kier alpha value is -1.66. The highest BCUT2D eigenvalue weighted by Crippen LogP contribution is 2.29. The molecular formula is C12H8F4O2. The third-order valence-corrected chi connectivity index (χ3v) is 2.57. The first-order chi connectivity index (χ1) is 8.32. The molecule has 2 N–H and O–H groups in total. The Bertz CT molecular complexity index is 562. The van der Waals surface area contributed by atoms with E-state index in [1.54, 1.807) is 0 Å². The molecule has 96 valence electrons. The van der Waals surface area contributed by atoms with E-state index in [1.807, 2.05) is 0 Å². The molecule has 0 radical (unpaired) electrons. The van der Waals surface area contributed by atoms with Crippen LogP contribution in [-0.4, -0.2) is 16.0 Å². The summed E-state index contributed by atoms with van der Waals surface area (Å²) < 4.78 is 52.2. The first-order valence-corrected chi connectivity index (χ1v) is 4.99. The average molecular weight is 260 g/mol. The summed E-state index contributed by atoms with van der Waals surface area (Å²) in [5.74, 6) is -8.88. The van der Waals surface area contributed by atoms with E-state index in [1.165, 1.54) is 6.08 Å². The molecule has 0 aliphatic heterocycles. The number of benzene rings is 1. The normalized spacial score (nSPS) is 17.8. The van der Waals surface area contributed by atoms with Crippen molar-refractivity contribution in [3.05, 3.63) is 53.1 Å².